The Balaban J connectivity index is 1.83. The molecular formula is C22H24ClN3O3. The lowest BCUT2D eigenvalue weighted by molar-refractivity contribution is -0.0186. The van der Waals surface area contributed by atoms with Gasteiger partial charge in [-0.3, -0.25) is 4.98 Å². The molecule has 1 aromatic carbocycles. The van der Waals surface area contributed by atoms with E-state index in [1.54, 1.807) is 19.2 Å². The van der Waals surface area contributed by atoms with Crippen LogP contribution in [0.15, 0.2) is 48.7 Å². The van der Waals surface area contributed by atoms with Crippen molar-refractivity contribution in [1.82, 2.24) is 9.97 Å². The topological polar surface area (TPSA) is 87.3 Å². The van der Waals surface area contributed by atoms with Gasteiger partial charge in [-0.25, -0.2) is 9.78 Å². The third-order valence-electron chi connectivity index (χ3n) is 4.46. The zero-order chi connectivity index (χ0) is 21.0. The van der Waals surface area contributed by atoms with Crippen molar-refractivity contribution in [1.29, 1.82) is 0 Å². The maximum Gasteiger partial charge on any atom is 0.405 e. The number of hydrogen-bond acceptors (Lipinski definition) is 5. The molecule has 0 bridgehead atoms. The summed E-state index contributed by atoms with van der Waals surface area (Å²) in [5.74, 6) is 0.704. The predicted molar refractivity (Wildman–Crippen MR) is 114 cm³/mol. The van der Waals surface area contributed by atoms with Gasteiger partial charge >= 0.3 is 6.09 Å². The number of para-hydroxylation sites is 1. The van der Waals surface area contributed by atoms with Gasteiger partial charge in [0.2, 0.25) is 0 Å². The van der Waals surface area contributed by atoms with Crippen LogP contribution in [0, 0.1) is 5.92 Å². The number of fused-ring (bicyclic) bond motifs is 1. The largest absolute Gasteiger partial charge is 0.486 e. The minimum Gasteiger partial charge on any atom is -0.486 e. The van der Waals surface area contributed by atoms with Crippen LogP contribution in [0.5, 0.6) is 5.75 Å². The van der Waals surface area contributed by atoms with Crippen LogP contribution in [0.4, 0.5) is 4.79 Å². The standard InChI is InChI=1S/C22H24ClN3O3/c1-14(2)12-22(3,29-21(24)27)13-28-19-9-8-18(26-20(19)23)16-10-11-25-17-7-5-4-6-15(16)17/h4-11,14H,12-13H2,1-3H3,(H2,24,27). The van der Waals surface area contributed by atoms with Crippen molar-refractivity contribution in [3.63, 3.8) is 0 Å². The molecule has 0 fully saturated rings. The third kappa shape index (κ3) is 5.15. The van der Waals surface area contributed by atoms with Gasteiger partial charge in [-0.1, -0.05) is 43.6 Å². The molecule has 2 N–H and O–H groups in total. The van der Waals surface area contributed by atoms with Crippen molar-refractivity contribution < 1.29 is 14.3 Å². The molecule has 0 aliphatic heterocycles. The van der Waals surface area contributed by atoms with Crippen LogP contribution in [0.1, 0.15) is 27.2 Å². The highest BCUT2D eigenvalue weighted by Crippen LogP contribution is 2.31. The Bertz CT molecular complexity index is 1020. The SMILES string of the molecule is CC(C)CC(C)(COc1ccc(-c2ccnc3ccccc23)nc1Cl)OC(N)=O. The van der Waals surface area contributed by atoms with Gasteiger partial charge in [-0.2, -0.15) is 0 Å². The highest BCUT2D eigenvalue weighted by molar-refractivity contribution is 6.31. The second kappa shape index (κ2) is 8.66. The van der Waals surface area contributed by atoms with Crippen LogP contribution < -0.4 is 10.5 Å². The molecule has 0 aliphatic rings. The Labute approximate surface area is 175 Å². The number of rotatable bonds is 7. The van der Waals surface area contributed by atoms with Crippen LogP contribution in [0.3, 0.4) is 0 Å². The molecule has 0 spiro atoms. The lowest BCUT2D eigenvalue weighted by Crippen LogP contribution is -2.41. The quantitative estimate of drug-likeness (QED) is 0.536. The van der Waals surface area contributed by atoms with Crippen LogP contribution in [-0.2, 0) is 4.74 Å². The number of nitrogens with zero attached hydrogens (tertiary/aromatic N) is 2. The molecule has 3 rings (SSSR count). The summed E-state index contributed by atoms with van der Waals surface area (Å²) in [6.07, 6.45) is 1.51. The second-order valence-corrected chi connectivity index (χ2v) is 7.98. The molecule has 7 heteroatoms. The molecule has 1 amide bonds. The number of pyridine rings is 2. The molecule has 152 valence electrons. The normalized spacial score (nSPS) is 13.3. The summed E-state index contributed by atoms with van der Waals surface area (Å²) in [5.41, 5.74) is 6.91. The number of ether oxygens (including phenoxy) is 2. The molecule has 0 radical (unpaired) electrons. The van der Waals surface area contributed by atoms with Crippen molar-refractivity contribution >= 4 is 28.6 Å². The smallest absolute Gasteiger partial charge is 0.405 e. The first-order valence-electron chi connectivity index (χ1n) is 9.39. The summed E-state index contributed by atoms with van der Waals surface area (Å²) < 4.78 is 11.1. The summed E-state index contributed by atoms with van der Waals surface area (Å²) in [7, 11) is 0. The average Bonchev–Trinajstić information content (AvgIpc) is 2.65. The number of nitrogens with two attached hydrogens (primary N) is 1. The fraction of sp³-hybridized carbons (Fsp3) is 0.318. The summed E-state index contributed by atoms with van der Waals surface area (Å²) in [5, 5.41) is 1.22. The number of carbonyl (C=O) groups is 1. The molecule has 1 atom stereocenters. The number of halogens is 1. The number of aromatic nitrogens is 2. The molecular weight excluding hydrogens is 390 g/mol. The van der Waals surface area contributed by atoms with E-state index in [0.717, 1.165) is 22.2 Å². The highest BCUT2D eigenvalue weighted by atomic mass is 35.5. The van der Waals surface area contributed by atoms with Crippen LogP contribution >= 0.6 is 11.6 Å². The minimum atomic E-state index is -0.858. The first kappa shape index (κ1) is 20.9. The maximum atomic E-state index is 11.3. The van der Waals surface area contributed by atoms with Crippen LogP contribution in [-0.4, -0.2) is 28.3 Å². The first-order chi connectivity index (χ1) is 13.8. The number of amides is 1. The Morgan fingerprint density at radius 2 is 1.97 bits per heavy atom. The fourth-order valence-corrected chi connectivity index (χ4v) is 3.67. The lowest BCUT2D eigenvalue weighted by Gasteiger charge is -2.30. The molecule has 3 aromatic rings. The van der Waals surface area contributed by atoms with Crippen LogP contribution in [0.2, 0.25) is 5.15 Å². The summed E-state index contributed by atoms with van der Waals surface area (Å²) in [6, 6.07) is 13.4. The number of hydrogen-bond donors (Lipinski definition) is 1. The van der Waals surface area contributed by atoms with E-state index in [0.29, 0.717) is 18.1 Å². The molecule has 2 aromatic heterocycles. The van der Waals surface area contributed by atoms with Crippen molar-refractivity contribution in [2.45, 2.75) is 32.8 Å². The summed E-state index contributed by atoms with van der Waals surface area (Å²) in [6.45, 7) is 5.97. The Morgan fingerprint density at radius 3 is 2.66 bits per heavy atom. The second-order valence-electron chi connectivity index (χ2n) is 7.62. The Hall–Kier alpha value is -2.86. The van der Waals surface area contributed by atoms with Gasteiger partial charge in [0.1, 0.15) is 12.2 Å². The van der Waals surface area contributed by atoms with Gasteiger partial charge in [0.05, 0.1) is 11.2 Å². The van der Waals surface area contributed by atoms with E-state index < -0.39 is 11.7 Å². The molecule has 2 heterocycles. The Kier molecular flexibility index (Phi) is 6.23. The van der Waals surface area contributed by atoms with Gasteiger partial charge in [-0.05, 0) is 43.5 Å². The molecule has 29 heavy (non-hydrogen) atoms. The zero-order valence-electron chi connectivity index (χ0n) is 16.7. The fourth-order valence-electron chi connectivity index (χ4n) is 3.47. The molecule has 0 saturated carbocycles. The van der Waals surface area contributed by atoms with E-state index in [1.165, 1.54) is 0 Å². The monoisotopic (exact) mass is 413 g/mol. The van der Waals surface area contributed by atoms with Gasteiger partial charge in [0.25, 0.3) is 0 Å². The van der Waals surface area contributed by atoms with Gasteiger partial charge < -0.3 is 15.2 Å². The van der Waals surface area contributed by atoms with Crippen LogP contribution in [0.25, 0.3) is 22.2 Å². The first-order valence-corrected chi connectivity index (χ1v) is 9.77. The number of carbonyl (C=O) groups excluding carboxylic acids is 1. The average molecular weight is 414 g/mol. The zero-order valence-corrected chi connectivity index (χ0v) is 17.4. The van der Waals surface area contributed by atoms with Crippen molar-refractivity contribution in [3.8, 4) is 17.0 Å². The highest BCUT2D eigenvalue weighted by Gasteiger charge is 2.31. The van der Waals surface area contributed by atoms with Gasteiger partial charge in [-0.15, -0.1) is 0 Å². The maximum absolute atomic E-state index is 11.3. The predicted octanol–water partition coefficient (Wildman–Crippen LogP) is 5.23. The van der Waals surface area contributed by atoms with Gasteiger partial charge in [0.15, 0.2) is 10.9 Å². The van der Waals surface area contributed by atoms with E-state index >= 15 is 0 Å². The van der Waals surface area contributed by atoms with Crippen molar-refractivity contribution in [3.05, 3.63) is 53.8 Å². The Morgan fingerprint density at radius 1 is 1.21 bits per heavy atom. The van der Waals surface area contributed by atoms with Crippen molar-refractivity contribution in [2.75, 3.05) is 6.61 Å². The van der Waals surface area contributed by atoms with E-state index in [-0.39, 0.29) is 11.8 Å². The lowest BCUT2D eigenvalue weighted by atomic mass is 9.95. The molecule has 6 nitrogen and oxygen atoms in total. The van der Waals surface area contributed by atoms with E-state index in [9.17, 15) is 4.79 Å². The third-order valence-corrected chi connectivity index (χ3v) is 4.73. The van der Waals surface area contributed by atoms with E-state index in [2.05, 4.69) is 9.97 Å². The number of primary amides is 1. The van der Waals surface area contributed by atoms with E-state index in [1.807, 2.05) is 50.2 Å². The summed E-state index contributed by atoms with van der Waals surface area (Å²) in [4.78, 5) is 20.2. The van der Waals surface area contributed by atoms with Crippen molar-refractivity contribution in [2.24, 2.45) is 11.7 Å². The summed E-state index contributed by atoms with van der Waals surface area (Å²) >= 11 is 6.39. The van der Waals surface area contributed by atoms with E-state index in [4.69, 9.17) is 26.8 Å². The molecule has 1 unspecified atom stereocenters. The molecule has 0 saturated heterocycles. The minimum absolute atomic E-state index is 0.118. The molecule has 0 aliphatic carbocycles. The van der Waals surface area contributed by atoms with Gasteiger partial charge in [0, 0.05) is 17.1 Å². The number of benzene rings is 1.